The molecule has 138 valence electrons. The number of fused-ring (bicyclic) bond motifs is 1. The Morgan fingerprint density at radius 1 is 1.30 bits per heavy atom. The topological polar surface area (TPSA) is 89.9 Å². The lowest BCUT2D eigenvalue weighted by Gasteiger charge is -2.32. The fraction of sp³-hybridized carbons (Fsp3) is 0.263. The second-order valence-electron chi connectivity index (χ2n) is 6.54. The van der Waals surface area contributed by atoms with Crippen molar-refractivity contribution in [2.45, 2.75) is 18.9 Å². The fourth-order valence-corrected chi connectivity index (χ4v) is 3.81. The number of carbonyl (C=O) groups excluding carboxylic acids is 1. The van der Waals surface area contributed by atoms with E-state index in [9.17, 15) is 4.79 Å². The van der Waals surface area contributed by atoms with Crippen molar-refractivity contribution >= 4 is 38.7 Å². The van der Waals surface area contributed by atoms with Gasteiger partial charge in [-0.15, -0.1) is 0 Å². The Bertz CT molecular complexity index is 1010. The number of nitrogens with two attached hydrogens (primary N) is 1. The predicted molar refractivity (Wildman–Crippen MR) is 108 cm³/mol. The van der Waals surface area contributed by atoms with Crippen LogP contribution in [0.2, 0.25) is 0 Å². The largest absolute Gasteiger partial charge is 0.383 e. The molecule has 1 atom stereocenters. The quantitative estimate of drug-likeness (QED) is 0.649. The molecule has 3 aromatic rings. The fourth-order valence-electron chi connectivity index (χ4n) is 3.54. The first-order valence-electron chi connectivity index (χ1n) is 8.74. The van der Waals surface area contributed by atoms with Crippen LogP contribution in [0.1, 0.15) is 18.9 Å². The van der Waals surface area contributed by atoms with Gasteiger partial charge in [-0.05, 0) is 31.1 Å². The highest BCUT2D eigenvalue weighted by Gasteiger charge is 2.27. The number of nitrogen functional groups attached to an aromatic ring is 1. The Morgan fingerprint density at radius 2 is 2.07 bits per heavy atom. The molecule has 1 unspecified atom stereocenters. The van der Waals surface area contributed by atoms with E-state index in [-0.39, 0.29) is 11.9 Å². The molecule has 27 heavy (non-hydrogen) atoms. The van der Waals surface area contributed by atoms with E-state index >= 15 is 0 Å². The molecule has 1 amide bonds. The predicted octanol–water partition coefficient (Wildman–Crippen LogP) is 3.19. The number of hydrogen-bond acceptors (Lipinski definition) is 5. The summed E-state index contributed by atoms with van der Waals surface area (Å²) >= 11 is 3.46. The molecule has 1 aliphatic heterocycles. The van der Waals surface area contributed by atoms with E-state index in [4.69, 9.17) is 10.8 Å². The third-order valence-electron chi connectivity index (χ3n) is 4.86. The van der Waals surface area contributed by atoms with Gasteiger partial charge in [0, 0.05) is 23.1 Å². The zero-order valence-electron chi connectivity index (χ0n) is 14.7. The first-order valence-corrected chi connectivity index (χ1v) is 9.53. The van der Waals surface area contributed by atoms with Crippen LogP contribution >= 0.6 is 15.9 Å². The van der Waals surface area contributed by atoms with Gasteiger partial charge in [0.1, 0.15) is 17.8 Å². The van der Waals surface area contributed by atoms with Crippen LogP contribution in [-0.4, -0.2) is 43.6 Å². The van der Waals surface area contributed by atoms with E-state index in [2.05, 4.69) is 32.5 Å². The molecule has 0 aliphatic carbocycles. The van der Waals surface area contributed by atoms with Crippen molar-refractivity contribution in [2.75, 3.05) is 18.8 Å². The van der Waals surface area contributed by atoms with Crippen LogP contribution in [0.5, 0.6) is 0 Å². The van der Waals surface area contributed by atoms with Crippen LogP contribution in [0, 0.1) is 0 Å². The number of anilines is 1. The minimum atomic E-state index is -0.0570. The van der Waals surface area contributed by atoms with Crippen molar-refractivity contribution in [1.82, 2.24) is 24.6 Å². The summed E-state index contributed by atoms with van der Waals surface area (Å²) in [5.41, 5.74) is 8.56. The third-order valence-corrected chi connectivity index (χ3v) is 5.39. The van der Waals surface area contributed by atoms with Gasteiger partial charge in [-0.3, -0.25) is 4.79 Å². The molecule has 0 bridgehead atoms. The Morgan fingerprint density at radius 3 is 2.81 bits per heavy atom. The maximum Gasteiger partial charge on any atom is 0.246 e. The minimum absolute atomic E-state index is 0.0312. The summed E-state index contributed by atoms with van der Waals surface area (Å²) in [6.45, 7) is 4.90. The lowest BCUT2D eigenvalue weighted by molar-refractivity contribution is -0.127. The number of hydrogen-bond donors (Lipinski definition) is 1. The number of aromatic nitrogens is 4. The van der Waals surface area contributed by atoms with Crippen LogP contribution in [0.25, 0.3) is 22.3 Å². The molecule has 0 radical (unpaired) electrons. The Balaban J connectivity index is 1.82. The zero-order valence-corrected chi connectivity index (χ0v) is 16.3. The molecule has 1 aliphatic rings. The molecule has 4 rings (SSSR count). The second kappa shape index (κ2) is 7.11. The second-order valence-corrected chi connectivity index (χ2v) is 7.46. The molecule has 8 heteroatoms. The van der Waals surface area contributed by atoms with E-state index < -0.39 is 0 Å². The molecule has 0 saturated carbocycles. The van der Waals surface area contributed by atoms with Crippen LogP contribution in [0.15, 0.2) is 47.7 Å². The van der Waals surface area contributed by atoms with Gasteiger partial charge < -0.3 is 10.6 Å². The average molecular weight is 427 g/mol. The Kier molecular flexibility index (Phi) is 4.65. The summed E-state index contributed by atoms with van der Waals surface area (Å²) in [5, 5.41) is 5.59. The van der Waals surface area contributed by atoms with Gasteiger partial charge in [-0.1, -0.05) is 34.6 Å². The van der Waals surface area contributed by atoms with E-state index in [1.165, 1.54) is 12.4 Å². The van der Waals surface area contributed by atoms with Crippen LogP contribution < -0.4 is 5.73 Å². The summed E-state index contributed by atoms with van der Waals surface area (Å²) in [5.74, 6) is 0.345. The molecule has 7 nitrogen and oxygen atoms in total. The summed E-state index contributed by atoms with van der Waals surface area (Å²) in [7, 11) is 0. The number of piperidine rings is 1. The highest BCUT2D eigenvalue weighted by atomic mass is 79.9. The maximum atomic E-state index is 12.0. The number of rotatable bonds is 3. The summed E-state index contributed by atoms with van der Waals surface area (Å²) in [4.78, 5) is 22.5. The van der Waals surface area contributed by atoms with Gasteiger partial charge >= 0.3 is 0 Å². The number of amides is 1. The van der Waals surface area contributed by atoms with Gasteiger partial charge in [0.05, 0.1) is 11.4 Å². The Hall–Kier alpha value is -2.74. The number of benzene rings is 1. The van der Waals surface area contributed by atoms with Crippen molar-refractivity contribution in [3.63, 3.8) is 0 Å². The first-order chi connectivity index (χ1) is 13.1. The minimum Gasteiger partial charge on any atom is -0.383 e. The SMILES string of the molecule is C=CC(=O)N1CCCC(n2nc(-c3ccc(Br)cc3)c3c(N)ncnc32)C1. The van der Waals surface area contributed by atoms with E-state index in [1.54, 1.807) is 4.90 Å². The average Bonchev–Trinajstić information content (AvgIpc) is 3.09. The van der Waals surface area contributed by atoms with Crippen LogP contribution in [0.4, 0.5) is 5.82 Å². The molecule has 1 saturated heterocycles. The van der Waals surface area contributed by atoms with Crippen molar-refractivity contribution in [2.24, 2.45) is 0 Å². The van der Waals surface area contributed by atoms with E-state index in [0.29, 0.717) is 18.0 Å². The Labute approximate surface area is 165 Å². The molecule has 2 N–H and O–H groups in total. The van der Waals surface area contributed by atoms with Gasteiger partial charge in [0.15, 0.2) is 5.65 Å². The number of halogens is 1. The van der Waals surface area contributed by atoms with Crippen molar-refractivity contribution in [1.29, 1.82) is 0 Å². The molecule has 3 heterocycles. The lowest BCUT2D eigenvalue weighted by atomic mass is 10.1. The van der Waals surface area contributed by atoms with Crippen molar-refractivity contribution < 1.29 is 4.79 Å². The standard InChI is InChI=1S/C19H19BrN6O/c1-2-15(27)25-9-3-4-14(10-25)26-19-16(18(21)22-11-23-19)17(24-26)12-5-7-13(20)8-6-12/h2,5-8,11,14H,1,3-4,9-10H2,(H2,21,22,23). The third kappa shape index (κ3) is 3.21. The maximum absolute atomic E-state index is 12.0. The van der Waals surface area contributed by atoms with Crippen LogP contribution in [-0.2, 0) is 4.79 Å². The van der Waals surface area contributed by atoms with Gasteiger partial charge in [0.2, 0.25) is 5.91 Å². The monoisotopic (exact) mass is 426 g/mol. The highest BCUT2D eigenvalue weighted by molar-refractivity contribution is 9.10. The molecular weight excluding hydrogens is 408 g/mol. The number of nitrogens with zero attached hydrogens (tertiary/aromatic N) is 5. The molecule has 0 spiro atoms. The van der Waals surface area contributed by atoms with Crippen molar-refractivity contribution in [3.05, 3.63) is 47.7 Å². The van der Waals surface area contributed by atoms with Gasteiger partial charge in [-0.2, -0.15) is 5.10 Å². The smallest absolute Gasteiger partial charge is 0.246 e. The number of carbonyl (C=O) groups is 1. The summed E-state index contributed by atoms with van der Waals surface area (Å²) in [6, 6.07) is 7.92. The summed E-state index contributed by atoms with van der Waals surface area (Å²) < 4.78 is 2.89. The van der Waals surface area contributed by atoms with E-state index in [1.807, 2.05) is 28.9 Å². The lowest BCUT2D eigenvalue weighted by Crippen LogP contribution is -2.40. The summed E-state index contributed by atoms with van der Waals surface area (Å²) in [6.07, 6.45) is 4.63. The normalized spacial score (nSPS) is 17.2. The number of likely N-dealkylation sites (tertiary alicyclic amines) is 1. The van der Waals surface area contributed by atoms with Crippen molar-refractivity contribution in [3.8, 4) is 11.3 Å². The molecular formula is C19H19BrN6O. The molecule has 1 fully saturated rings. The highest BCUT2D eigenvalue weighted by Crippen LogP contribution is 2.34. The zero-order chi connectivity index (χ0) is 19.0. The van der Waals surface area contributed by atoms with E-state index in [0.717, 1.165) is 40.5 Å². The van der Waals surface area contributed by atoms with Gasteiger partial charge in [-0.25, -0.2) is 14.6 Å². The van der Waals surface area contributed by atoms with Gasteiger partial charge in [0.25, 0.3) is 0 Å². The first kappa shape index (κ1) is 17.7. The molecule has 2 aromatic heterocycles. The van der Waals surface area contributed by atoms with Crippen LogP contribution in [0.3, 0.4) is 0 Å². The molecule has 1 aromatic carbocycles.